The molecule has 162 valence electrons. The number of amides is 2. The number of anilines is 1. The highest BCUT2D eigenvalue weighted by atomic mass is 32.2. The Kier molecular flexibility index (Phi) is 6.61. The van der Waals surface area contributed by atoms with Gasteiger partial charge in [0, 0.05) is 11.0 Å². The molecule has 0 saturated carbocycles. The second-order valence-electron chi connectivity index (χ2n) is 6.95. The number of hydrogen-bond acceptors (Lipinski definition) is 5. The second-order valence-corrected chi connectivity index (χ2v) is 8.04. The summed E-state index contributed by atoms with van der Waals surface area (Å²) in [5.74, 6) is 0.622. The lowest BCUT2D eigenvalue weighted by Crippen LogP contribution is -2.31. The van der Waals surface area contributed by atoms with Crippen molar-refractivity contribution in [3.8, 4) is 11.5 Å². The summed E-state index contributed by atoms with van der Waals surface area (Å²) < 4.78 is 11.1. The van der Waals surface area contributed by atoms with Gasteiger partial charge >= 0.3 is 0 Å². The Labute approximate surface area is 191 Å². The summed E-state index contributed by atoms with van der Waals surface area (Å²) in [6.07, 6.45) is 0. The molecular weight excluding hydrogens is 422 g/mol. The van der Waals surface area contributed by atoms with Crippen LogP contribution >= 0.6 is 11.8 Å². The van der Waals surface area contributed by atoms with Crippen molar-refractivity contribution in [2.45, 2.75) is 18.7 Å². The van der Waals surface area contributed by atoms with Crippen molar-refractivity contribution in [3.05, 3.63) is 89.3 Å². The molecule has 0 fully saturated rings. The number of carbonyl (C=O) groups excluding carboxylic acids is 2. The number of hydrogen-bond donors (Lipinski definition) is 0. The molecule has 0 aliphatic carbocycles. The van der Waals surface area contributed by atoms with Crippen LogP contribution in [0.3, 0.4) is 0 Å². The van der Waals surface area contributed by atoms with Crippen LogP contribution in [-0.4, -0.2) is 25.0 Å². The molecule has 6 heteroatoms. The van der Waals surface area contributed by atoms with Crippen molar-refractivity contribution in [1.29, 1.82) is 0 Å². The van der Waals surface area contributed by atoms with E-state index in [1.807, 2.05) is 68.4 Å². The summed E-state index contributed by atoms with van der Waals surface area (Å²) in [7, 11) is 0. The third-order valence-electron chi connectivity index (χ3n) is 4.85. The monoisotopic (exact) mass is 445 g/mol. The lowest BCUT2D eigenvalue weighted by atomic mass is 10.1. The fourth-order valence-electron chi connectivity index (χ4n) is 3.46. The van der Waals surface area contributed by atoms with Gasteiger partial charge in [0.1, 0.15) is 11.5 Å². The molecule has 0 aromatic heterocycles. The Morgan fingerprint density at radius 1 is 0.750 bits per heavy atom. The molecule has 0 N–H and O–H groups in total. The Hall–Kier alpha value is -3.51. The van der Waals surface area contributed by atoms with E-state index >= 15 is 0 Å². The maximum atomic E-state index is 13.6. The quantitative estimate of drug-likeness (QED) is 0.425. The highest BCUT2D eigenvalue weighted by Crippen LogP contribution is 2.42. The minimum atomic E-state index is -0.355. The van der Waals surface area contributed by atoms with Crippen LogP contribution < -0.4 is 14.4 Å². The molecule has 0 radical (unpaired) electrons. The number of carbonyl (C=O) groups is 2. The molecule has 0 spiro atoms. The summed E-state index contributed by atoms with van der Waals surface area (Å²) in [5.41, 5.74) is 1.54. The molecule has 0 bridgehead atoms. The van der Waals surface area contributed by atoms with Gasteiger partial charge in [-0.05, 0) is 55.8 Å². The van der Waals surface area contributed by atoms with Gasteiger partial charge in [-0.25, -0.2) is 4.90 Å². The zero-order valence-electron chi connectivity index (χ0n) is 17.9. The lowest BCUT2D eigenvalue weighted by Gasteiger charge is -2.16. The number of benzene rings is 3. The van der Waals surface area contributed by atoms with Crippen LogP contribution in [0.4, 0.5) is 5.69 Å². The molecular formula is C26H23NO4S. The third kappa shape index (κ3) is 4.41. The van der Waals surface area contributed by atoms with E-state index < -0.39 is 0 Å². The molecule has 1 heterocycles. The van der Waals surface area contributed by atoms with Crippen LogP contribution in [-0.2, 0) is 9.59 Å². The van der Waals surface area contributed by atoms with E-state index in [1.165, 1.54) is 16.7 Å². The fourth-order valence-corrected chi connectivity index (χ4v) is 4.48. The topological polar surface area (TPSA) is 55.8 Å². The maximum absolute atomic E-state index is 13.6. The van der Waals surface area contributed by atoms with Gasteiger partial charge < -0.3 is 9.47 Å². The lowest BCUT2D eigenvalue weighted by molar-refractivity contribution is -0.119. The first-order valence-corrected chi connectivity index (χ1v) is 11.3. The van der Waals surface area contributed by atoms with Crippen LogP contribution in [0.2, 0.25) is 0 Å². The zero-order chi connectivity index (χ0) is 22.5. The predicted molar refractivity (Wildman–Crippen MR) is 127 cm³/mol. The standard InChI is InChI=1S/C26H23NO4S/c1-3-30-20-15-13-18(14-16-20)23-24(32-22-11-6-5-7-12-22)26(29)27(25(23)28)19-9-8-10-21(17-19)31-4-2/h5-17H,3-4H2,1-2H3. The molecule has 2 amide bonds. The molecule has 1 aliphatic rings. The average Bonchev–Trinajstić information content (AvgIpc) is 3.05. The SMILES string of the molecule is CCOc1ccc(C2=C(Sc3ccccc3)C(=O)N(c3cccc(OCC)c3)C2=O)cc1. The average molecular weight is 446 g/mol. The largest absolute Gasteiger partial charge is 0.494 e. The molecule has 1 aliphatic heterocycles. The van der Waals surface area contributed by atoms with Crippen molar-refractivity contribution >= 4 is 34.8 Å². The van der Waals surface area contributed by atoms with Crippen LogP contribution in [0.25, 0.3) is 5.57 Å². The normalized spacial score (nSPS) is 13.6. The Morgan fingerprint density at radius 2 is 1.44 bits per heavy atom. The number of ether oxygens (including phenoxy) is 2. The number of nitrogens with zero attached hydrogens (tertiary/aromatic N) is 1. The molecule has 3 aromatic rings. The van der Waals surface area contributed by atoms with E-state index in [9.17, 15) is 9.59 Å². The van der Waals surface area contributed by atoms with E-state index in [2.05, 4.69) is 0 Å². The Bertz CT molecular complexity index is 1160. The van der Waals surface area contributed by atoms with Crippen LogP contribution in [0.1, 0.15) is 19.4 Å². The van der Waals surface area contributed by atoms with Crippen LogP contribution in [0.15, 0.2) is 88.7 Å². The summed E-state index contributed by atoms with van der Waals surface area (Å²) in [5, 5.41) is 0. The highest BCUT2D eigenvalue weighted by molar-refractivity contribution is 8.04. The minimum absolute atomic E-state index is 0.346. The van der Waals surface area contributed by atoms with E-state index in [-0.39, 0.29) is 11.8 Å². The smallest absolute Gasteiger partial charge is 0.272 e. The molecule has 0 saturated heterocycles. The molecule has 0 atom stereocenters. The highest BCUT2D eigenvalue weighted by Gasteiger charge is 2.40. The van der Waals surface area contributed by atoms with Crippen molar-refractivity contribution in [3.63, 3.8) is 0 Å². The molecule has 0 unspecified atom stereocenters. The van der Waals surface area contributed by atoms with Gasteiger partial charge in [0.2, 0.25) is 0 Å². The fraction of sp³-hybridized carbons (Fsp3) is 0.154. The Balaban J connectivity index is 1.77. The maximum Gasteiger partial charge on any atom is 0.272 e. The third-order valence-corrected chi connectivity index (χ3v) is 5.94. The van der Waals surface area contributed by atoms with Gasteiger partial charge in [-0.2, -0.15) is 0 Å². The Morgan fingerprint density at radius 3 is 2.12 bits per heavy atom. The van der Waals surface area contributed by atoms with Crippen molar-refractivity contribution in [1.82, 2.24) is 0 Å². The second kappa shape index (κ2) is 9.75. The van der Waals surface area contributed by atoms with E-state index in [4.69, 9.17) is 9.47 Å². The first-order chi connectivity index (χ1) is 15.6. The van der Waals surface area contributed by atoms with Gasteiger partial charge in [0.15, 0.2) is 0 Å². The molecule has 5 nitrogen and oxygen atoms in total. The summed E-state index contributed by atoms with van der Waals surface area (Å²) in [6, 6.07) is 23.9. The van der Waals surface area contributed by atoms with Crippen molar-refractivity contribution in [2.24, 2.45) is 0 Å². The first kappa shape index (κ1) is 21.7. The van der Waals surface area contributed by atoms with Gasteiger partial charge in [-0.3, -0.25) is 9.59 Å². The zero-order valence-corrected chi connectivity index (χ0v) is 18.7. The van der Waals surface area contributed by atoms with Crippen LogP contribution in [0.5, 0.6) is 11.5 Å². The van der Waals surface area contributed by atoms with E-state index in [1.54, 1.807) is 24.3 Å². The number of rotatable bonds is 8. The van der Waals surface area contributed by atoms with Crippen LogP contribution in [0, 0.1) is 0 Å². The van der Waals surface area contributed by atoms with Crippen molar-refractivity contribution in [2.75, 3.05) is 18.1 Å². The molecule has 4 rings (SSSR count). The van der Waals surface area contributed by atoms with E-state index in [0.29, 0.717) is 46.4 Å². The summed E-state index contributed by atoms with van der Waals surface area (Å²) in [4.78, 5) is 29.6. The summed E-state index contributed by atoms with van der Waals surface area (Å²) in [6.45, 7) is 4.85. The van der Waals surface area contributed by atoms with Crippen molar-refractivity contribution < 1.29 is 19.1 Å². The van der Waals surface area contributed by atoms with Gasteiger partial charge in [0.25, 0.3) is 11.8 Å². The van der Waals surface area contributed by atoms with Gasteiger partial charge in [-0.1, -0.05) is 48.2 Å². The molecule has 3 aromatic carbocycles. The van der Waals surface area contributed by atoms with Gasteiger partial charge in [0.05, 0.1) is 29.4 Å². The number of imide groups is 1. The first-order valence-electron chi connectivity index (χ1n) is 10.4. The van der Waals surface area contributed by atoms with E-state index in [0.717, 1.165) is 4.90 Å². The molecule has 32 heavy (non-hydrogen) atoms. The van der Waals surface area contributed by atoms with Gasteiger partial charge in [-0.15, -0.1) is 0 Å². The summed E-state index contributed by atoms with van der Waals surface area (Å²) >= 11 is 1.30. The number of thioether (sulfide) groups is 1. The predicted octanol–water partition coefficient (Wildman–Crippen LogP) is 5.56. The minimum Gasteiger partial charge on any atom is -0.494 e.